The van der Waals surface area contributed by atoms with Crippen LogP contribution in [0, 0.1) is 53.7 Å². The normalized spacial score (nSPS) is 37.0. The zero-order chi connectivity index (χ0) is 30.5. The molecule has 2 aromatic carbocycles. The molecule has 6 rings (SSSR count). The summed E-state index contributed by atoms with van der Waals surface area (Å²) in [6.45, 7) is 12.8. The van der Waals surface area contributed by atoms with Crippen molar-refractivity contribution >= 4 is 17.5 Å². The Morgan fingerprint density at radius 1 is 0.690 bits per heavy atom. The molecular weight excluding hydrogens is 536 g/mol. The number of hydrogen-bond acceptors (Lipinski definition) is 7. The maximum atomic E-state index is 14.3. The van der Waals surface area contributed by atoms with Gasteiger partial charge in [-0.3, -0.25) is 20.2 Å². The Morgan fingerprint density at radius 2 is 1.05 bits per heavy atom. The molecule has 4 bridgehead atoms. The highest BCUT2D eigenvalue weighted by atomic mass is 16.7. The molecule has 0 radical (unpaired) electrons. The molecule has 0 N–H and O–H groups in total. The first-order chi connectivity index (χ1) is 19.6. The van der Waals surface area contributed by atoms with Crippen molar-refractivity contribution in [3.05, 3.63) is 79.9 Å². The van der Waals surface area contributed by atoms with Crippen molar-refractivity contribution in [2.75, 3.05) is 0 Å². The third-order valence-electron chi connectivity index (χ3n) is 13.3. The molecule has 0 heterocycles. The van der Waals surface area contributed by atoms with Crippen molar-refractivity contribution in [3.8, 4) is 0 Å². The summed E-state index contributed by atoms with van der Waals surface area (Å²) in [5.74, 6) is 0.386. The number of carbonyl (C=O) groups excluding carboxylic acids is 1. The van der Waals surface area contributed by atoms with Gasteiger partial charge in [0.05, 0.1) is 21.0 Å². The summed E-state index contributed by atoms with van der Waals surface area (Å²) >= 11 is 0. The van der Waals surface area contributed by atoms with Crippen LogP contribution in [0.4, 0.5) is 16.2 Å². The van der Waals surface area contributed by atoms with E-state index in [-0.39, 0.29) is 34.0 Å². The summed E-state index contributed by atoms with van der Waals surface area (Å²) in [4.78, 5) is 38.1. The predicted octanol–water partition coefficient (Wildman–Crippen LogP) is 8.44. The van der Waals surface area contributed by atoms with Gasteiger partial charge in [-0.15, -0.1) is 0 Å². The van der Waals surface area contributed by atoms with Gasteiger partial charge in [-0.1, -0.05) is 65.8 Å². The molecule has 6 atom stereocenters. The Labute approximate surface area is 246 Å². The van der Waals surface area contributed by atoms with Crippen LogP contribution in [0.25, 0.3) is 0 Å². The smallest absolute Gasteiger partial charge is 0.422 e. The van der Waals surface area contributed by atoms with Gasteiger partial charge in [-0.05, 0) is 73.3 Å². The molecule has 9 heteroatoms. The average Bonchev–Trinajstić information content (AvgIpc) is 3.43. The Balaban J connectivity index is 1.49. The Bertz CT molecular complexity index is 1390. The summed E-state index contributed by atoms with van der Waals surface area (Å²) < 4.78 is 13.1. The van der Waals surface area contributed by atoms with Gasteiger partial charge < -0.3 is 9.47 Å². The summed E-state index contributed by atoms with van der Waals surface area (Å²) in [6, 6.07) is 13.1. The molecule has 0 aliphatic heterocycles. The zero-order valence-electron chi connectivity index (χ0n) is 25.3. The molecule has 4 aliphatic carbocycles. The lowest BCUT2D eigenvalue weighted by Crippen LogP contribution is -2.51. The van der Waals surface area contributed by atoms with E-state index in [2.05, 4.69) is 41.5 Å². The second kappa shape index (κ2) is 8.77. The molecule has 9 nitrogen and oxygen atoms in total. The highest BCUT2D eigenvalue weighted by molar-refractivity contribution is 5.65. The van der Waals surface area contributed by atoms with E-state index in [1.807, 2.05) is 0 Å². The topological polar surface area (TPSA) is 122 Å². The van der Waals surface area contributed by atoms with Crippen LogP contribution in [0.1, 0.15) is 91.2 Å². The van der Waals surface area contributed by atoms with Crippen LogP contribution < -0.4 is 0 Å². The van der Waals surface area contributed by atoms with Gasteiger partial charge >= 0.3 is 6.16 Å². The number of para-hydroxylation sites is 2. The molecule has 4 fully saturated rings. The first-order valence-corrected chi connectivity index (χ1v) is 15.0. The number of rotatable bonds is 6. The fraction of sp³-hybridized carbons (Fsp3) is 0.606. The molecular formula is C33H40N2O7. The van der Waals surface area contributed by atoms with Gasteiger partial charge in [0, 0.05) is 23.0 Å². The second-order valence-corrected chi connectivity index (χ2v) is 14.6. The van der Waals surface area contributed by atoms with Gasteiger partial charge in [0.15, 0.2) is 11.2 Å². The molecule has 4 aliphatic rings. The molecule has 224 valence electrons. The first kappa shape index (κ1) is 28.6. The van der Waals surface area contributed by atoms with Crippen LogP contribution in [0.2, 0.25) is 0 Å². The van der Waals surface area contributed by atoms with Crippen molar-refractivity contribution in [2.45, 2.75) is 91.3 Å². The molecule has 0 spiro atoms. The van der Waals surface area contributed by atoms with Gasteiger partial charge in [0.25, 0.3) is 11.4 Å². The van der Waals surface area contributed by atoms with Crippen molar-refractivity contribution in [2.24, 2.45) is 33.5 Å². The number of ether oxygens (including phenoxy) is 2. The lowest BCUT2D eigenvalue weighted by atomic mass is 9.61. The summed E-state index contributed by atoms with van der Waals surface area (Å²) in [5, 5.41) is 24.5. The van der Waals surface area contributed by atoms with E-state index < -0.39 is 38.0 Å². The summed E-state index contributed by atoms with van der Waals surface area (Å²) in [5.41, 5.74) is -3.71. The van der Waals surface area contributed by atoms with E-state index in [1.54, 1.807) is 36.4 Å². The lowest BCUT2D eigenvalue weighted by molar-refractivity contribution is -0.387. The highest BCUT2D eigenvalue weighted by Crippen LogP contribution is 2.76. The van der Waals surface area contributed by atoms with Crippen LogP contribution in [-0.2, 0) is 20.7 Å². The SMILES string of the molecule is CC1(C)[C@@H]2CC[C@]1(C)[C@](OC(=O)O[C@@]1(c3ccccc3[N+](=O)[O-])C[C@H]3CC[C@@]1(C)C3(C)C)(c1ccccc1[N+](=O)[O-])C2. The molecule has 0 unspecified atom stereocenters. The number of benzene rings is 2. The maximum absolute atomic E-state index is 14.3. The fourth-order valence-corrected chi connectivity index (χ4v) is 9.98. The van der Waals surface area contributed by atoms with Gasteiger partial charge in [-0.2, -0.15) is 0 Å². The number of nitro groups is 2. The predicted molar refractivity (Wildman–Crippen MR) is 156 cm³/mol. The second-order valence-electron chi connectivity index (χ2n) is 14.6. The number of nitro benzene ring substituents is 2. The van der Waals surface area contributed by atoms with Crippen molar-refractivity contribution in [3.63, 3.8) is 0 Å². The first-order valence-electron chi connectivity index (χ1n) is 15.0. The molecule has 42 heavy (non-hydrogen) atoms. The minimum absolute atomic E-state index is 0.0868. The molecule has 2 aromatic rings. The van der Waals surface area contributed by atoms with Gasteiger partial charge in [-0.25, -0.2) is 4.79 Å². The van der Waals surface area contributed by atoms with Crippen molar-refractivity contribution in [1.82, 2.24) is 0 Å². The van der Waals surface area contributed by atoms with Crippen molar-refractivity contribution in [1.29, 1.82) is 0 Å². The van der Waals surface area contributed by atoms with E-state index in [0.717, 1.165) is 25.7 Å². The van der Waals surface area contributed by atoms with E-state index >= 15 is 0 Å². The summed E-state index contributed by atoms with van der Waals surface area (Å²) in [7, 11) is 0. The van der Waals surface area contributed by atoms with E-state index in [4.69, 9.17) is 9.47 Å². The maximum Gasteiger partial charge on any atom is 0.510 e. The average molecular weight is 577 g/mol. The molecule has 0 saturated heterocycles. The van der Waals surface area contributed by atoms with Crippen LogP contribution >= 0.6 is 0 Å². The zero-order valence-corrected chi connectivity index (χ0v) is 25.3. The Morgan fingerprint density at radius 3 is 1.33 bits per heavy atom. The van der Waals surface area contributed by atoms with Gasteiger partial charge in [0.2, 0.25) is 0 Å². The third-order valence-corrected chi connectivity index (χ3v) is 13.3. The number of hydrogen-bond donors (Lipinski definition) is 0. The minimum Gasteiger partial charge on any atom is -0.422 e. The van der Waals surface area contributed by atoms with E-state index in [9.17, 15) is 25.0 Å². The number of nitrogens with zero attached hydrogens (tertiary/aromatic N) is 2. The van der Waals surface area contributed by atoms with Crippen molar-refractivity contribution < 1.29 is 24.1 Å². The Hall–Kier alpha value is -3.49. The third kappa shape index (κ3) is 3.28. The molecule has 0 amide bonds. The lowest BCUT2D eigenvalue weighted by Gasteiger charge is -2.50. The largest absolute Gasteiger partial charge is 0.510 e. The van der Waals surface area contributed by atoms with E-state index in [1.165, 1.54) is 12.1 Å². The monoisotopic (exact) mass is 576 g/mol. The number of carbonyl (C=O) groups is 1. The quantitative estimate of drug-likeness (QED) is 0.192. The molecule has 4 saturated carbocycles. The summed E-state index contributed by atoms with van der Waals surface area (Å²) in [6.07, 6.45) is 3.33. The minimum atomic E-state index is -1.29. The standard InChI is InChI=1S/C33H40N2O7/c1-28(2)21-15-17-30(28,5)32(19-21,23-11-7-9-13-25(23)34(37)38)41-27(36)42-33(24-12-8-10-14-26(24)35(39)40)20-22-16-18-31(33,6)29(22,3)4/h7-14,21-22H,15-20H2,1-6H3/t21-,22-,30+,31+,32-,33-/m1/s1. The van der Waals surface area contributed by atoms with Crippen LogP contribution in [0.15, 0.2) is 48.5 Å². The van der Waals surface area contributed by atoms with Crippen LogP contribution in [0.3, 0.4) is 0 Å². The van der Waals surface area contributed by atoms with Gasteiger partial charge in [0.1, 0.15) is 0 Å². The fourth-order valence-electron chi connectivity index (χ4n) is 9.98. The Kier molecular flexibility index (Phi) is 5.98. The highest BCUT2D eigenvalue weighted by Gasteiger charge is 2.75. The number of fused-ring (bicyclic) bond motifs is 4. The molecule has 0 aromatic heterocycles. The van der Waals surface area contributed by atoms with Crippen LogP contribution in [0.5, 0.6) is 0 Å². The van der Waals surface area contributed by atoms with Crippen LogP contribution in [-0.4, -0.2) is 16.0 Å². The van der Waals surface area contributed by atoms with E-state index in [0.29, 0.717) is 24.0 Å².